The van der Waals surface area contributed by atoms with Crippen molar-refractivity contribution in [2.75, 3.05) is 53.0 Å². The highest BCUT2D eigenvalue weighted by atomic mass is 127. The molecule has 1 aliphatic heterocycles. The summed E-state index contributed by atoms with van der Waals surface area (Å²) in [6, 6.07) is 9.23. The van der Waals surface area contributed by atoms with E-state index in [0.29, 0.717) is 6.04 Å². The van der Waals surface area contributed by atoms with Crippen LogP contribution < -0.4 is 10.6 Å². The first kappa shape index (κ1) is 26.4. The van der Waals surface area contributed by atoms with Crippen LogP contribution in [0, 0.1) is 0 Å². The number of piperidine rings is 1. The summed E-state index contributed by atoms with van der Waals surface area (Å²) in [6.07, 6.45) is 7.05. The van der Waals surface area contributed by atoms with Gasteiger partial charge in [0.25, 0.3) is 0 Å². The van der Waals surface area contributed by atoms with Crippen LogP contribution in [0.1, 0.15) is 56.3 Å². The molecule has 3 rings (SSSR count). The summed E-state index contributed by atoms with van der Waals surface area (Å²) in [6.45, 7) is 8.64. The smallest absolute Gasteiger partial charge is 0.191 e. The zero-order valence-corrected chi connectivity index (χ0v) is 21.6. The van der Waals surface area contributed by atoms with Crippen LogP contribution in [-0.2, 0) is 15.9 Å². The second-order valence-electron chi connectivity index (χ2n) is 8.32. The number of ether oxygens (including phenoxy) is 2. The topological polar surface area (TPSA) is 58.1 Å². The second-order valence-corrected chi connectivity index (χ2v) is 8.32. The Kier molecular flexibility index (Phi) is 12.8. The van der Waals surface area contributed by atoms with E-state index in [1.807, 2.05) is 0 Å². The van der Waals surface area contributed by atoms with E-state index in [0.717, 1.165) is 77.6 Å². The third-order valence-electron chi connectivity index (χ3n) is 6.09. The van der Waals surface area contributed by atoms with Crippen molar-refractivity contribution in [3.05, 3.63) is 35.4 Å². The third-order valence-corrected chi connectivity index (χ3v) is 6.09. The lowest BCUT2D eigenvalue weighted by atomic mass is 9.89. The first-order valence-corrected chi connectivity index (χ1v) is 11.8. The van der Waals surface area contributed by atoms with Gasteiger partial charge in [0, 0.05) is 52.5 Å². The van der Waals surface area contributed by atoms with E-state index in [1.165, 1.54) is 24.0 Å². The number of methoxy groups -OCH3 is 1. The molecule has 0 amide bonds. The molecule has 1 fully saturated rings. The van der Waals surface area contributed by atoms with Gasteiger partial charge in [-0.25, -0.2) is 0 Å². The largest absolute Gasteiger partial charge is 0.383 e. The third kappa shape index (κ3) is 8.86. The van der Waals surface area contributed by atoms with E-state index in [4.69, 9.17) is 14.5 Å². The summed E-state index contributed by atoms with van der Waals surface area (Å²) >= 11 is 0. The molecule has 1 aromatic rings. The summed E-state index contributed by atoms with van der Waals surface area (Å²) in [4.78, 5) is 7.26. The molecule has 1 saturated heterocycles. The van der Waals surface area contributed by atoms with Gasteiger partial charge < -0.3 is 25.0 Å². The minimum absolute atomic E-state index is 0. The lowest BCUT2D eigenvalue weighted by molar-refractivity contribution is 0.0402. The summed E-state index contributed by atoms with van der Waals surface area (Å²) < 4.78 is 11.4. The Morgan fingerprint density at radius 1 is 1.16 bits per heavy atom. The van der Waals surface area contributed by atoms with Gasteiger partial charge >= 0.3 is 0 Å². The van der Waals surface area contributed by atoms with E-state index in [1.54, 1.807) is 7.11 Å². The number of likely N-dealkylation sites (tertiary alicyclic amines) is 1. The van der Waals surface area contributed by atoms with Crippen molar-refractivity contribution in [3.8, 4) is 0 Å². The summed E-state index contributed by atoms with van der Waals surface area (Å²) in [5.41, 5.74) is 2.85. The van der Waals surface area contributed by atoms with Crippen LogP contribution in [0.4, 0.5) is 0 Å². The number of halogens is 1. The number of nitrogens with zero attached hydrogens (tertiary/aromatic N) is 2. The minimum atomic E-state index is 0. The second kappa shape index (κ2) is 15.0. The van der Waals surface area contributed by atoms with E-state index in [9.17, 15) is 0 Å². The molecule has 0 aromatic heterocycles. The molecule has 31 heavy (non-hydrogen) atoms. The quantitative estimate of drug-likeness (QED) is 0.204. The number of hydrogen-bond donors (Lipinski definition) is 2. The molecule has 0 radical (unpaired) electrons. The van der Waals surface area contributed by atoms with E-state index in [2.05, 4.69) is 46.7 Å². The number of rotatable bonds is 10. The van der Waals surface area contributed by atoms with Crippen molar-refractivity contribution in [1.82, 2.24) is 15.5 Å². The molecule has 0 bridgehead atoms. The molecule has 1 aliphatic carbocycles. The molecule has 2 aliphatic rings. The van der Waals surface area contributed by atoms with Crippen LogP contribution in [0.2, 0.25) is 0 Å². The number of guanidine groups is 1. The minimum Gasteiger partial charge on any atom is -0.383 e. The van der Waals surface area contributed by atoms with Gasteiger partial charge in [-0.05, 0) is 56.6 Å². The molecule has 176 valence electrons. The molecule has 1 heterocycles. The fourth-order valence-corrected chi connectivity index (χ4v) is 4.40. The molecular formula is C24H41IN4O2. The number of aryl methyl sites for hydroxylation is 1. The zero-order chi connectivity index (χ0) is 21.0. The Hall–Kier alpha value is -0.900. The molecule has 0 spiro atoms. The van der Waals surface area contributed by atoms with Crippen LogP contribution in [0.5, 0.6) is 0 Å². The molecule has 1 atom stereocenters. The Balaban J connectivity index is 0.00000341. The van der Waals surface area contributed by atoms with Crippen LogP contribution in [0.15, 0.2) is 29.3 Å². The van der Waals surface area contributed by atoms with Gasteiger partial charge in [-0.3, -0.25) is 4.99 Å². The van der Waals surface area contributed by atoms with Crippen molar-refractivity contribution >= 4 is 29.9 Å². The van der Waals surface area contributed by atoms with Crippen molar-refractivity contribution < 1.29 is 9.47 Å². The Labute approximate surface area is 205 Å². The van der Waals surface area contributed by atoms with Crippen molar-refractivity contribution in [2.24, 2.45) is 4.99 Å². The number of nitrogens with one attached hydrogen (secondary N) is 2. The predicted molar refractivity (Wildman–Crippen MR) is 139 cm³/mol. The van der Waals surface area contributed by atoms with Gasteiger partial charge in [0.2, 0.25) is 0 Å². The maximum atomic E-state index is 6.22. The van der Waals surface area contributed by atoms with Crippen LogP contribution in [0.25, 0.3) is 0 Å². The lowest BCUT2D eigenvalue weighted by Crippen LogP contribution is -2.49. The first-order chi connectivity index (χ1) is 14.8. The van der Waals surface area contributed by atoms with E-state index in [-0.39, 0.29) is 30.1 Å². The van der Waals surface area contributed by atoms with Gasteiger partial charge in [-0.15, -0.1) is 24.0 Å². The predicted octanol–water partition coefficient (Wildman–Crippen LogP) is 3.75. The van der Waals surface area contributed by atoms with Gasteiger partial charge in [0.15, 0.2) is 5.96 Å². The van der Waals surface area contributed by atoms with E-state index >= 15 is 0 Å². The molecule has 1 aromatic carbocycles. The summed E-state index contributed by atoms with van der Waals surface area (Å²) in [7, 11) is 1.77. The average Bonchev–Trinajstić information content (AvgIpc) is 2.78. The van der Waals surface area contributed by atoms with Crippen molar-refractivity contribution in [3.63, 3.8) is 0 Å². The monoisotopic (exact) mass is 544 g/mol. The Bertz CT molecular complexity index is 650. The van der Waals surface area contributed by atoms with Crippen LogP contribution >= 0.6 is 24.0 Å². The Morgan fingerprint density at radius 3 is 2.74 bits per heavy atom. The molecule has 6 nitrogen and oxygen atoms in total. The summed E-state index contributed by atoms with van der Waals surface area (Å²) in [5.74, 6) is 0.941. The number of hydrogen-bond acceptors (Lipinski definition) is 4. The highest BCUT2D eigenvalue weighted by Gasteiger charge is 2.21. The molecule has 0 saturated carbocycles. The molecular weight excluding hydrogens is 503 g/mol. The van der Waals surface area contributed by atoms with Gasteiger partial charge in [0.1, 0.15) is 0 Å². The maximum Gasteiger partial charge on any atom is 0.191 e. The normalized spacial score (nSPS) is 20.1. The highest BCUT2D eigenvalue weighted by molar-refractivity contribution is 14.0. The molecule has 7 heteroatoms. The van der Waals surface area contributed by atoms with Crippen molar-refractivity contribution in [2.45, 2.75) is 57.6 Å². The van der Waals surface area contributed by atoms with E-state index < -0.39 is 0 Å². The molecule has 1 unspecified atom stereocenters. The highest BCUT2D eigenvalue weighted by Crippen LogP contribution is 2.32. The maximum absolute atomic E-state index is 6.22. The summed E-state index contributed by atoms with van der Waals surface area (Å²) in [5, 5.41) is 7.02. The Morgan fingerprint density at radius 2 is 1.97 bits per heavy atom. The van der Waals surface area contributed by atoms with Crippen molar-refractivity contribution in [1.29, 1.82) is 0 Å². The fourth-order valence-electron chi connectivity index (χ4n) is 4.40. The van der Waals surface area contributed by atoms with Crippen LogP contribution in [0.3, 0.4) is 0 Å². The SMILES string of the molecule is CCNC(=NCCCOC1CCCc2ccccc21)NC1CCN(CCOC)CC1.I. The van der Waals surface area contributed by atoms with Gasteiger partial charge in [0.05, 0.1) is 12.7 Å². The van der Waals surface area contributed by atoms with Gasteiger partial charge in [-0.1, -0.05) is 24.3 Å². The number of fused-ring (bicyclic) bond motifs is 1. The van der Waals surface area contributed by atoms with Crippen LogP contribution in [-0.4, -0.2) is 69.9 Å². The standard InChI is InChI=1S/C24H40N4O2.HI/c1-3-25-24(27-21-12-15-28(16-13-21)17-19-29-2)26-14-7-18-30-23-11-6-9-20-8-4-5-10-22(20)23;/h4-5,8,10,21,23H,3,6-7,9,11-19H2,1-2H3,(H2,25,26,27);1H. The number of benzene rings is 1. The molecule has 2 N–H and O–H groups in total. The number of aliphatic imine (C=N–C) groups is 1. The van der Waals surface area contributed by atoms with Gasteiger partial charge in [-0.2, -0.15) is 0 Å². The first-order valence-electron chi connectivity index (χ1n) is 11.8. The zero-order valence-electron chi connectivity index (χ0n) is 19.3. The lowest BCUT2D eigenvalue weighted by Gasteiger charge is -2.32. The fraction of sp³-hybridized carbons (Fsp3) is 0.708. The average molecular weight is 545 g/mol.